The van der Waals surface area contributed by atoms with Crippen LogP contribution in [0.15, 0.2) is 88.1 Å². The SMILES string of the molecule is N#Cc1ccc(NNc2ccc(NC(=O)c3ccco3)cc2NC(=O)c2ccco2)cc1. The molecule has 0 spiro atoms. The molecule has 4 rings (SSSR count). The summed E-state index contributed by atoms with van der Waals surface area (Å²) in [5, 5.41) is 14.4. The average molecular weight is 427 g/mol. The first-order valence-corrected chi connectivity index (χ1v) is 9.48. The number of carbonyl (C=O) groups excluding carboxylic acids is 2. The van der Waals surface area contributed by atoms with Gasteiger partial charge in [-0.25, -0.2) is 0 Å². The van der Waals surface area contributed by atoms with Crippen molar-refractivity contribution in [3.63, 3.8) is 0 Å². The largest absolute Gasteiger partial charge is 0.459 e. The Kier molecular flexibility index (Phi) is 5.86. The summed E-state index contributed by atoms with van der Waals surface area (Å²) in [5.41, 5.74) is 8.65. The number of carbonyl (C=O) groups is 2. The zero-order valence-electron chi connectivity index (χ0n) is 16.6. The number of furan rings is 2. The molecular formula is C23H17N5O4. The number of anilines is 4. The smallest absolute Gasteiger partial charge is 0.291 e. The maximum atomic E-state index is 12.5. The molecule has 2 aromatic carbocycles. The van der Waals surface area contributed by atoms with Gasteiger partial charge in [0, 0.05) is 5.69 Å². The molecule has 0 bridgehead atoms. The fraction of sp³-hybridized carbons (Fsp3) is 0. The summed E-state index contributed by atoms with van der Waals surface area (Å²) in [6.07, 6.45) is 2.81. The first-order valence-electron chi connectivity index (χ1n) is 9.48. The maximum absolute atomic E-state index is 12.5. The molecule has 9 nitrogen and oxygen atoms in total. The third kappa shape index (κ3) is 4.77. The zero-order chi connectivity index (χ0) is 22.3. The summed E-state index contributed by atoms with van der Waals surface area (Å²) in [7, 11) is 0. The van der Waals surface area contributed by atoms with Gasteiger partial charge in [-0.05, 0) is 66.7 Å². The van der Waals surface area contributed by atoms with Gasteiger partial charge in [-0.2, -0.15) is 5.26 Å². The van der Waals surface area contributed by atoms with Crippen molar-refractivity contribution in [2.75, 3.05) is 21.5 Å². The molecule has 0 fully saturated rings. The molecule has 9 heteroatoms. The molecule has 0 aliphatic heterocycles. The monoisotopic (exact) mass is 427 g/mol. The molecule has 0 saturated heterocycles. The summed E-state index contributed by atoms with van der Waals surface area (Å²) >= 11 is 0. The Morgan fingerprint density at radius 3 is 1.94 bits per heavy atom. The third-order valence-electron chi connectivity index (χ3n) is 4.37. The van der Waals surface area contributed by atoms with E-state index in [2.05, 4.69) is 27.6 Å². The van der Waals surface area contributed by atoms with Crippen molar-refractivity contribution in [1.82, 2.24) is 0 Å². The Bertz CT molecular complexity index is 1260. The van der Waals surface area contributed by atoms with E-state index in [1.807, 2.05) is 0 Å². The van der Waals surface area contributed by atoms with Crippen molar-refractivity contribution in [3.05, 3.63) is 96.3 Å². The minimum Gasteiger partial charge on any atom is -0.459 e. The number of nitrogens with zero attached hydrogens (tertiary/aromatic N) is 1. The highest BCUT2D eigenvalue weighted by molar-refractivity contribution is 6.06. The fourth-order valence-corrected chi connectivity index (χ4v) is 2.79. The molecular weight excluding hydrogens is 410 g/mol. The second-order valence-corrected chi connectivity index (χ2v) is 6.56. The van der Waals surface area contributed by atoms with Crippen molar-refractivity contribution < 1.29 is 18.4 Å². The fourth-order valence-electron chi connectivity index (χ4n) is 2.79. The first kappa shape index (κ1) is 20.3. The quantitative estimate of drug-likeness (QED) is 0.315. The van der Waals surface area contributed by atoms with Gasteiger partial charge in [-0.3, -0.25) is 15.0 Å². The topological polar surface area (TPSA) is 132 Å². The van der Waals surface area contributed by atoms with Gasteiger partial charge in [0.2, 0.25) is 0 Å². The van der Waals surface area contributed by atoms with Crippen molar-refractivity contribution in [2.45, 2.75) is 0 Å². The van der Waals surface area contributed by atoms with Gasteiger partial charge in [-0.1, -0.05) is 0 Å². The van der Waals surface area contributed by atoms with Crippen LogP contribution in [-0.4, -0.2) is 11.8 Å². The van der Waals surface area contributed by atoms with Crippen molar-refractivity contribution in [3.8, 4) is 6.07 Å². The highest BCUT2D eigenvalue weighted by Crippen LogP contribution is 2.27. The second-order valence-electron chi connectivity index (χ2n) is 6.56. The molecule has 0 saturated carbocycles. The van der Waals surface area contributed by atoms with E-state index in [9.17, 15) is 9.59 Å². The molecule has 32 heavy (non-hydrogen) atoms. The van der Waals surface area contributed by atoms with E-state index in [1.165, 1.54) is 12.5 Å². The van der Waals surface area contributed by atoms with Crippen LogP contribution in [0, 0.1) is 11.3 Å². The number of hydrogen-bond donors (Lipinski definition) is 4. The van der Waals surface area contributed by atoms with Crippen LogP contribution >= 0.6 is 0 Å². The molecule has 158 valence electrons. The van der Waals surface area contributed by atoms with Crippen LogP contribution in [0.1, 0.15) is 26.7 Å². The van der Waals surface area contributed by atoms with Gasteiger partial charge >= 0.3 is 0 Å². The van der Waals surface area contributed by atoms with Crippen LogP contribution in [0.25, 0.3) is 0 Å². The van der Waals surface area contributed by atoms with Crippen molar-refractivity contribution in [1.29, 1.82) is 5.26 Å². The van der Waals surface area contributed by atoms with E-state index in [0.717, 1.165) is 0 Å². The Morgan fingerprint density at radius 2 is 1.34 bits per heavy atom. The molecule has 0 aliphatic carbocycles. The minimum absolute atomic E-state index is 0.140. The van der Waals surface area contributed by atoms with Crippen LogP contribution in [0.5, 0.6) is 0 Å². The van der Waals surface area contributed by atoms with Gasteiger partial charge in [0.05, 0.1) is 41.2 Å². The Labute approximate surface area is 182 Å². The molecule has 4 N–H and O–H groups in total. The van der Waals surface area contributed by atoms with E-state index >= 15 is 0 Å². The number of amides is 2. The van der Waals surface area contributed by atoms with E-state index in [4.69, 9.17) is 14.1 Å². The normalized spacial score (nSPS) is 10.1. The van der Waals surface area contributed by atoms with Crippen molar-refractivity contribution >= 4 is 34.6 Å². The number of rotatable bonds is 7. The zero-order valence-corrected chi connectivity index (χ0v) is 16.6. The maximum Gasteiger partial charge on any atom is 0.291 e. The standard InChI is InChI=1S/C23H17N5O4/c24-14-15-5-7-16(8-6-15)27-28-18-10-9-17(25-22(29)20-3-1-11-31-20)13-19(18)26-23(30)21-4-2-12-32-21/h1-13,27-28H,(H,25,29)(H,26,30). The molecule has 0 radical (unpaired) electrons. The van der Waals surface area contributed by atoms with Gasteiger partial charge in [-0.15, -0.1) is 0 Å². The lowest BCUT2D eigenvalue weighted by Crippen LogP contribution is -2.16. The lowest BCUT2D eigenvalue weighted by molar-refractivity contribution is 0.0990. The van der Waals surface area contributed by atoms with Crippen LogP contribution in [0.2, 0.25) is 0 Å². The number of hydrazine groups is 1. The Balaban J connectivity index is 1.55. The third-order valence-corrected chi connectivity index (χ3v) is 4.37. The number of nitriles is 1. The molecule has 0 unspecified atom stereocenters. The van der Waals surface area contributed by atoms with E-state index in [1.54, 1.807) is 66.7 Å². The molecule has 4 aromatic rings. The summed E-state index contributed by atoms with van der Waals surface area (Å²) in [6.45, 7) is 0. The van der Waals surface area contributed by atoms with Crippen LogP contribution in [0.3, 0.4) is 0 Å². The molecule has 2 heterocycles. The van der Waals surface area contributed by atoms with Crippen molar-refractivity contribution in [2.24, 2.45) is 0 Å². The Morgan fingerprint density at radius 1 is 0.719 bits per heavy atom. The molecule has 0 aliphatic rings. The highest BCUT2D eigenvalue weighted by Gasteiger charge is 2.14. The lowest BCUT2D eigenvalue weighted by Gasteiger charge is -2.16. The number of nitrogens with one attached hydrogen (secondary N) is 4. The summed E-state index contributed by atoms with van der Waals surface area (Å²) in [5.74, 6) is -0.572. The molecule has 0 atom stereocenters. The minimum atomic E-state index is -0.453. The summed E-state index contributed by atoms with van der Waals surface area (Å²) < 4.78 is 10.2. The Hall–Kier alpha value is -4.97. The second kappa shape index (κ2) is 9.23. The lowest BCUT2D eigenvalue weighted by atomic mass is 10.2. The predicted molar refractivity (Wildman–Crippen MR) is 118 cm³/mol. The predicted octanol–water partition coefficient (Wildman–Crippen LogP) is 4.69. The van der Waals surface area contributed by atoms with E-state index < -0.39 is 11.8 Å². The summed E-state index contributed by atoms with van der Waals surface area (Å²) in [6, 6.07) is 20.2. The highest BCUT2D eigenvalue weighted by atomic mass is 16.3. The van der Waals surface area contributed by atoms with Crippen LogP contribution < -0.4 is 21.5 Å². The molecule has 2 amide bonds. The van der Waals surface area contributed by atoms with Crippen LogP contribution in [0.4, 0.5) is 22.7 Å². The van der Waals surface area contributed by atoms with Gasteiger partial charge in [0.1, 0.15) is 0 Å². The van der Waals surface area contributed by atoms with Gasteiger partial charge < -0.3 is 24.9 Å². The first-order chi connectivity index (χ1) is 15.6. The van der Waals surface area contributed by atoms with Gasteiger partial charge in [0.15, 0.2) is 11.5 Å². The molecule has 2 aromatic heterocycles. The van der Waals surface area contributed by atoms with Crippen LogP contribution in [-0.2, 0) is 0 Å². The number of benzene rings is 2. The van der Waals surface area contributed by atoms with E-state index in [-0.39, 0.29) is 11.5 Å². The van der Waals surface area contributed by atoms with Gasteiger partial charge in [0.25, 0.3) is 11.8 Å². The van der Waals surface area contributed by atoms with E-state index in [0.29, 0.717) is 28.3 Å². The average Bonchev–Trinajstić information content (AvgIpc) is 3.53. The summed E-state index contributed by atoms with van der Waals surface area (Å²) in [4.78, 5) is 24.8. The number of hydrogen-bond acceptors (Lipinski definition) is 7.